The second-order valence-electron chi connectivity index (χ2n) is 7.96. The van der Waals surface area contributed by atoms with Gasteiger partial charge in [-0.25, -0.2) is 0 Å². The third-order valence-corrected chi connectivity index (χ3v) is 5.06. The smallest absolute Gasteiger partial charge is 0.0790 e. The molecule has 2 rings (SSSR count). The standard InChI is InChI=1S/C17H34N2O2/c1-16(2)14(15(18-5)17(3,4)21-16)11-19(6)9-10-20-12-13-7-8-13/h13-15,18H,7-12H2,1-6H3. The molecule has 1 N–H and O–H groups in total. The van der Waals surface area contributed by atoms with Gasteiger partial charge in [0.15, 0.2) is 0 Å². The van der Waals surface area contributed by atoms with Crippen molar-refractivity contribution in [2.45, 2.75) is 57.8 Å². The fraction of sp³-hybridized carbons (Fsp3) is 1.00. The molecule has 2 atom stereocenters. The highest BCUT2D eigenvalue weighted by Gasteiger charge is 2.53. The molecule has 2 aliphatic rings. The quantitative estimate of drug-likeness (QED) is 0.696. The van der Waals surface area contributed by atoms with Crippen LogP contribution in [0.3, 0.4) is 0 Å². The van der Waals surface area contributed by atoms with Gasteiger partial charge < -0.3 is 19.7 Å². The van der Waals surface area contributed by atoms with E-state index < -0.39 is 0 Å². The number of rotatable bonds is 8. The number of hydrogen-bond donors (Lipinski definition) is 1. The van der Waals surface area contributed by atoms with E-state index in [9.17, 15) is 0 Å². The highest BCUT2D eigenvalue weighted by molar-refractivity contribution is 5.05. The molecule has 0 aromatic rings. The normalized spacial score (nSPS) is 31.0. The maximum atomic E-state index is 6.30. The fourth-order valence-electron chi connectivity index (χ4n) is 3.76. The van der Waals surface area contributed by atoms with E-state index in [0.29, 0.717) is 12.0 Å². The van der Waals surface area contributed by atoms with Crippen molar-refractivity contribution in [3.05, 3.63) is 0 Å². The number of likely N-dealkylation sites (N-methyl/N-ethyl adjacent to an activating group) is 2. The predicted octanol–water partition coefficient (Wildman–Crippen LogP) is 2.14. The first-order chi connectivity index (χ1) is 9.76. The van der Waals surface area contributed by atoms with Crippen molar-refractivity contribution in [1.29, 1.82) is 0 Å². The molecule has 1 saturated carbocycles. The third kappa shape index (κ3) is 4.41. The third-order valence-electron chi connectivity index (χ3n) is 5.06. The van der Waals surface area contributed by atoms with Crippen LogP contribution in [-0.2, 0) is 9.47 Å². The minimum absolute atomic E-state index is 0.0969. The maximum Gasteiger partial charge on any atom is 0.0790 e. The molecule has 4 heteroatoms. The van der Waals surface area contributed by atoms with Crippen LogP contribution in [0.5, 0.6) is 0 Å². The monoisotopic (exact) mass is 298 g/mol. The molecule has 1 aliphatic heterocycles. The lowest BCUT2D eigenvalue weighted by molar-refractivity contribution is -0.0792. The Hall–Kier alpha value is -0.160. The van der Waals surface area contributed by atoms with Crippen LogP contribution in [0.15, 0.2) is 0 Å². The van der Waals surface area contributed by atoms with Gasteiger partial charge in [-0.15, -0.1) is 0 Å². The average Bonchev–Trinajstić information content (AvgIpc) is 3.13. The van der Waals surface area contributed by atoms with Crippen LogP contribution in [0.25, 0.3) is 0 Å². The van der Waals surface area contributed by atoms with Crippen LogP contribution < -0.4 is 5.32 Å². The Morgan fingerprint density at radius 3 is 2.43 bits per heavy atom. The first-order valence-electron chi connectivity index (χ1n) is 8.40. The zero-order valence-electron chi connectivity index (χ0n) is 14.7. The lowest BCUT2D eigenvalue weighted by Gasteiger charge is -2.32. The number of hydrogen-bond acceptors (Lipinski definition) is 4. The molecular formula is C17H34N2O2. The first-order valence-corrected chi connectivity index (χ1v) is 8.40. The minimum atomic E-state index is -0.119. The van der Waals surface area contributed by atoms with Gasteiger partial charge in [0.2, 0.25) is 0 Å². The molecule has 2 fully saturated rings. The van der Waals surface area contributed by atoms with E-state index in [2.05, 4.69) is 45.0 Å². The molecule has 0 amide bonds. The average molecular weight is 298 g/mol. The summed E-state index contributed by atoms with van der Waals surface area (Å²) >= 11 is 0. The summed E-state index contributed by atoms with van der Waals surface area (Å²) in [7, 11) is 4.23. The lowest BCUT2D eigenvalue weighted by Crippen LogP contribution is -2.49. The molecule has 4 nitrogen and oxygen atoms in total. The van der Waals surface area contributed by atoms with Gasteiger partial charge in [0, 0.05) is 31.7 Å². The summed E-state index contributed by atoms with van der Waals surface area (Å²) in [6.07, 6.45) is 2.73. The van der Waals surface area contributed by atoms with Crippen molar-refractivity contribution in [1.82, 2.24) is 10.2 Å². The first kappa shape index (κ1) is 17.2. The fourth-order valence-corrected chi connectivity index (χ4v) is 3.76. The molecule has 0 aromatic carbocycles. The number of nitrogens with one attached hydrogen (secondary N) is 1. The second-order valence-corrected chi connectivity index (χ2v) is 7.96. The van der Waals surface area contributed by atoms with E-state index in [0.717, 1.165) is 32.2 Å². The Morgan fingerprint density at radius 1 is 1.19 bits per heavy atom. The van der Waals surface area contributed by atoms with Crippen molar-refractivity contribution in [2.75, 3.05) is 40.4 Å². The molecule has 0 radical (unpaired) electrons. The van der Waals surface area contributed by atoms with Crippen LogP contribution in [0.4, 0.5) is 0 Å². The van der Waals surface area contributed by atoms with E-state index in [1.54, 1.807) is 0 Å². The molecule has 124 valence electrons. The second kappa shape index (κ2) is 6.53. The molecule has 0 aromatic heterocycles. The van der Waals surface area contributed by atoms with Crippen LogP contribution in [0.1, 0.15) is 40.5 Å². The molecule has 1 saturated heterocycles. The molecular weight excluding hydrogens is 264 g/mol. The van der Waals surface area contributed by atoms with E-state index in [1.165, 1.54) is 12.8 Å². The van der Waals surface area contributed by atoms with Gasteiger partial charge >= 0.3 is 0 Å². The Morgan fingerprint density at radius 2 is 1.86 bits per heavy atom. The highest BCUT2D eigenvalue weighted by Crippen LogP contribution is 2.42. The van der Waals surface area contributed by atoms with Crippen LogP contribution in [-0.4, -0.2) is 62.5 Å². The van der Waals surface area contributed by atoms with E-state index >= 15 is 0 Å². The summed E-state index contributed by atoms with van der Waals surface area (Å²) in [4.78, 5) is 2.38. The summed E-state index contributed by atoms with van der Waals surface area (Å²) in [6, 6.07) is 0.377. The van der Waals surface area contributed by atoms with Crippen molar-refractivity contribution in [3.63, 3.8) is 0 Å². The van der Waals surface area contributed by atoms with Crippen molar-refractivity contribution in [3.8, 4) is 0 Å². The SMILES string of the molecule is CNC1C(CN(C)CCOCC2CC2)C(C)(C)OC1(C)C. The van der Waals surface area contributed by atoms with E-state index in [-0.39, 0.29) is 11.2 Å². The topological polar surface area (TPSA) is 33.7 Å². The Balaban J connectivity index is 1.80. The minimum Gasteiger partial charge on any atom is -0.380 e. The van der Waals surface area contributed by atoms with Crippen LogP contribution >= 0.6 is 0 Å². The Bertz CT molecular complexity index is 340. The van der Waals surface area contributed by atoms with Gasteiger partial charge in [0.1, 0.15) is 0 Å². The molecule has 21 heavy (non-hydrogen) atoms. The van der Waals surface area contributed by atoms with E-state index in [1.807, 2.05) is 7.05 Å². The summed E-state index contributed by atoms with van der Waals surface area (Å²) in [5.41, 5.74) is -0.216. The lowest BCUT2D eigenvalue weighted by atomic mass is 9.82. The molecule has 1 aliphatic carbocycles. The maximum absolute atomic E-state index is 6.30. The zero-order valence-corrected chi connectivity index (χ0v) is 14.7. The Labute approximate surface area is 130 Å². The van der Waals surface area contributed by atoms with Gasteiger partial charge in [0.05, 0.1) is 17.8 Å². The van der Waals surface area contributed by atoms with Gasteiger partial charge in [-0.1, -0.05) is 0 Å². The molecule has 1 heterocycles. The largest absolute Gasteiger partial charge is 0.380 e. The number of ether oxygens (including phenoxy) is 2. The predicted molar refractivity (Wildman–Crippen MR) is 86.6 cm³/mol. The molecule has 0 bridgehead atoms. The van der Waals surface area contributed by atoms with Crippen LogP contribution in [0.2, 0.25) is 0 Å². The van der Waals surface area contributed by atoms with Crippen molar-refractivity contribution >= 4 is 0 Å². The van der Waals surface area contributed by atoms with Crippen molar-refractivity contribution < 1.29 is 9.47 Å². The van der Waals surface area contributed by atoms with Gasteiger partial charge in [-0.2, -0.15) is 0 Å². The van der Waals surface area contributed by atoms with Crippen LogP contribution in [0, 0.1) is 11.8 Å². The number of nitrogens with zero attached hydrogens (tertiary/aromatic N) is 1. The zero-order chi connectivity index (χ0) is 15.7. The summed E-state index contributed by atoms with van der Waals surface area (Å²) in [6.45, 7) is 12.6. The summed E-state index contributed by atoms with van der Waals surface area (Å²) in [5.74, 6) is 1.33. The highest BCUT2D eigenvalue weighted by atomic mass is 16.5. The summed E-state index contributed by atoms with van der Waals surface area (Å²) in [5, 5.41) is 3.47. The Kier molecular flexibility index (Phi) is 5.35. The van der Waals surface area contributed by atoms with Gasteiger partial charge in [-0.05, 0) is 60.5 Å². The van der Waals surface area contributed by atoms with Gasteiger partial charge in [-0.3, -0.25) is 0 Å². The van der Waals surface area contributed by atoms with E-state index in [4.69, 9.17) is 9.47 Å². The summed E-state index contributed by atoms with van der Waals surface area (Å²) < 4.78 is 12.0. The molecule has 2 unspecified atom stereocenters. The molecule has 0 spiro atoms. The van der Waals surface area contributed by atoms with Gasteiger partial charge in [0.25, 0.3) is 0 Å². The van der Waals surface area contributed by atoms with Crippen molar-refractivity contribution in [2.24, 2.45) is 11.8 Å².